The Morgan fingerprint density at radius 2 is 2.04 bits per heavy atom. The second-order valence-electron chi connectivity index (χ2n) is 5.82. The highest BCUT2D eigenvalue weighted by molar-refractivity contribution is 5.53. The molecule has 2 aliphatic heterocycles. The van der Waals surface area contributed by atoms with Gasteiger partial charge in [0.05, 0.1) is 37.0 Å². The van der Waals surface area contributed by atoms with E-state index in [1.807, 2.05) is 0 Å². The minimum Gasteiger partial charge on any atom is -0.382 e. The van der Waals surface area contributed by atoms with Gasteiger partial charge in [0.2, 0.25) is 0 Å². The van der Waals surface area contributed by atoms with E-state index in [0.717, 1.165) is 12.1 Å². The highest BCUT2D eigenvalue weighted by atomic mass is 19.4. The van der Waals surface area contributed by atoms with Gasteiger partial charge in [0.25, 0.3) is 0 Å². The fraction of sp³-hybridized carbons (Fsp3) is 0.562. The standard InChI is InChI=1S/C16H17F3N2O3/c17-16(18,19)14-7-12(2-1-11(14)8-20)21-9-13-10-23-15(24-13)3-5-22-6-4-15/h1-2,7,13,21H,3-6,9-10H2/t13-/m0/s1. The molecule has 2 fully saturated rings. The van der Waals surface area contributed by atoms with Crippen molar-refractivity contribution in [3.05, 3.63) is 29.3 Å². The Balaban J connectivity index is 1.62. The van der Waals surface area contributed by atoms with Crippen LogP contribution >= 0.6 is 0 Å². The van der Waals surface area contributed by atoms with E-state index in [-0.39, 0.29) is 11.8 Å². The average molecular weight is 342 g/mol. The van der Waals surface area contributed by atoms with Crippen LogP contribution in [0.25, 0.3) is 0 Å². The maximum Gasteiger partial charge on any atom is 0.417 e. The van der Waals surface area contributed by atoms with Gasteiger partial charge in [0, 0.05) is 25.1 Å². The number of alkyl halides is 3. The monoisotopic (exact) mass is 342 g/mol. The van der Waals surface area contributed by atoms with Gasteiger partial charge in [-0.2, -0.15) is 18.4 Å². The van der Waals surface area contributed by atoms with Crippen LogP contribution in [0.4, 0.5) is 18.9 Å². The zero-order valence-corrected chi connectivity index (χ0v) is 12.9. The minimum atomic E-state index is -4.57. The van der Waals surface area contributed by atoms with Crippen molar-refractivity contribution < 1.29 is 27.4 Å². The van der Waals surface area contributed by atoms with Crippen LogP contribution in [0.3, 0.4) is 0 Å². The Morgan fingerprint density at radius 1 is 1.29 bits per heavy atom. The molecule has 1 atom stereocenters. The molecule has 0 aromatic heterocycles. The summed E-state index contributed by atoms with van der Waals surface area (Å²) in [5.74, 6) is -0.619. The quantitative estimate of drug-likeness (QED) is 0.915. The number of halogens is 3. The predicted molar refractivity (Wildman–Crippen MR) is 78.3 cm³/mol. The topological polar surface area (TPSA) is 63.5 Å². The van der Waals surface area contributed by atoms with Gasteiger partial charge in [-0.1, -0.05) is 0 Å². The number of nitriles is 1. The van der Waals surface area contributed by atoms with Gasteiger partial charge in [-0.15, -0.1) is 0 Å². The van der Waals surface area contributed by atoms with E-state index >= 15 is 0 Å². The first-order valence-corrected chi connectivity index (χ1v) is 7.67. The molecular formula is C16H17F3N2O3. The van der Waals surface area contributed by atoms with Crippen molar-refractivity contribution in [2.24, 2.45) is 0 Å². The normalized spacial score (nSPS) is 23.2. The summed E-state index contributed by atoms with van der Waals surface area (Å²) in [6.45, 7) is 1.86. The van der Waals surface area contributed by atoms with E-state index in [1.54, 1.807) is 6.07 Å². The predicted octanol–water partition coefficient (Wildman–Crippen LogP) is 2.91. The van der Waals surface area contributed by atoms with Crippen molar-refractivity contribution in [2.75, 3.05) is 31.7 Å². The first-order valence-electron chi connectivity index (χ1n) is 7.67. The summed E-state index contributed by atoms with van der Waals surface area (Å²) in [6, 6.07) is 5.12. The summed E-state index contributed by atoms with van der Waals surface area (Å²) in [5.41, 5.74) is -1.05. The van der Waals surface area contributed by atoms with Crippen molar-refractivity contribution in [2.45, 2.75) is 30.9 Å². The second kappa shape index (κ2) is 6.59. The molecule has 0 bridgehead atoms. The first kappa shape index (κ1) is 17.0. The lowest BCUT2D eigenvalue weighted by atomic mass is 10.1. The number of rotatable bonds is 3. The molecule has 5 nitrogen and oxygen atoms in total. The number of nitrogens with one attached hydrogen (secondary N) is 1. The highest BCUT2D eigenvalue weighted by Crippen LogP contribution is 2.35. The number of nitrogens with zero attached hydrogens (tertiary/aromatic N) is 1. The van der Waals surface area contributed by atoms with E-state index in [9.17, 15) is 13.2 Å². The molecule has 130 valence electrons. The Hall–Kier alpha value is -1.82. The zero-order chi connectivity index (χ0) is 17.2. The van der Waals surface area contributed by atoms with E-state index in [2.05, 4.69) is 5.32 Å². The fourth-order valence-electron chi connectivity index (χ4n) is 2.88. The molecule has 2 aliphatic rings. The highest BCUT2D eigenvalue weighted by Gasteiger charge is 2.42. The summed E-state index contributed by atoms with van der Waals surface area (Å²) in [6.07, 6.45) is -3.51. The van der Waals surface area contributed by atoms with Crippen LogP contribution in [0.1, 0.15) is 24.0 Å². The van der Waals surface area contributed by atoms with Crippen LogP contribution in [0, 0.1) is 11.3 Å². The first-order chi connectivity index (χ1) is 11.4. The molecule has 2 saturated heterocycles. The van der Waals surface area contributed by atoms with Crippen molar-refractivity contribution in [3.8, 4) is 6.07 Å². The van der Waals surface area contributed by atoms with E-state index < -0.39 is 23.1 Å². The second-order valence-corrected chi connectivity index (χ2v) is 5.82. The molecule has 3 rings (SSSR count). The molecule has 0 amide bonds. The smallest absolute Gasteiger partial charge is 0.382 e. The molecule has 0 aliphatic carbocycles. The van der Waals surface area contributed by atoms with E-state index in [0.29, 0.717) is 39.2 Å². The molecule has 0 radical (unpaired) electrons. The molecule has 1 N–H and O–H groups in total. The van der Waals surface area contributed by atoms with Crippen LogP contribution in [-0.4, -0.2) is 38.3 Å². The van der Waals surface area contributed by atoms with Gasteiger partial charge < -0.3 is 19.5 Å². The average Bonchev–Trinajstić information content (AvgIpc) is 2.95. The van der Waals surface area contributed by atoms with Crippen LogP contribution in [0.15, 0.2) is 18.2 Å². The zero-order valence-electron chi connectivity index (χ0n) is 12.9. The van der Waals surface area contributed by atoms with Crippen LogP contribution in [-0.2, 0) is 20.4 Å². The van der Waals surface area contributed by atoms with E-state index in [4.69, 9.17) is 19.5 Å². The Bertz CT molecular complexity index is 636. The SMILES string of the molecule is N#Cc1ccc(NC[C@H]2COC3(CCOCC3)O2)cc1C(F)(F)F. The van der Waals surface area contributed by atoms with Gasteiger partial charge >= 0.3 is 6.18 Å². The lowest BCUT2D eigenvalue weighted by molar-refractivity contribution is -0.209. The van der Waals surface area contributed by atoms with Crippen LogP contribution in [0.2, 0.25) is 0 Å². The van der Waals surface area contributed by atoms with Gasteiger partial charge in [-0.25, -0.2) is 0 Å². The summed E-state index contributed by atoms with van der Waals surface area (Å²) in [5, 5.41) is 11.7. The third-order valence-corrected chi connectivity index (χ3v) is 4.15. The molecule has 0 saturated carbocycles. The van der Waals surface area contributed by atoms with Crippen molar-refractivity contribution >= 4 is 5.69 Å². The van der Waals surface area contributed by atoms with Crippen LogP contribution in [0.5, 0.6) is 0 Å². The Labute approximate surface area is 137 Å². The third-order valence-electron chi connectivity index (χ3n) is 4.15. The molecule has 1 aromatic carbocycles. The van der Waals surface area contributed by atoms with Gasteiger partial charge in [-0.05, 0) is 18.2 Å². The van der Waals surface area contributed by atoms with Gasteiger partial charge in [0.1, 0.15) is 6.10 Å². The number of ether oxygens (including phenoxy) is 3. The number of hydrogen-bond acceptors (Lipinski definition) is 5. The summed E-state index contributed by atoms with van der Waals surface area (Å²) in [4.78, 5) is 0. The number of benzene rings is 1. The minimum absolute atomic E-state index is 0.243. The third kappa shape index (κ3) is 3.64. The van der Waals surface area contributed by atoms with Gasteiger partial charge in [-0.3, -0.25) is 0 Å². The summed E-state index contributed by atoms with van der Waals surface area (Å²) in [7, 11) is 0. The lowest BCUT2D eigenvalue weighted by Crippen LogP contribution is -2.38. The summed E-state index contributed by atoms with van der Waals surface area (Å²) >= 11 is 0. The Kier molecular flexibility index (Phi) is 4.67. The molecule has 2 heterocycles. The lowest BCUT2D eigenvalue weighted by Gasteiger charge is -2.31. The largest absolute Gasteiger partial charge is 0.417 e. The van der Waals surface area contributed by atoms with Crippen LogP contribution < -0.4 is 5.32 Å². The van der Waals surface area contributed by atoms with Crippen molar-refractivity contribution in [1.82, 2.24) is 0 Å². The summed E-state index contributed by atoms with van der Waals surface area (Å²) < 4.78 is 55.8. The number of anilines is 1. The molecule has 8 heteroatoms. The molecule has 0 unspecified atom stereocenters. The maximum atomic E-state index is 13.0. The van der Waals surface area contributed by atoms with Gasteiger partial charge in [0.15, 0.2) is 5.79 Å². The number of hydrogen-bond donors (Lipinski definition) is 1. The molecule has 24 heavy (non-hydrogen) atoms. The molecule has 1 spiro atoms. The van der Waals surface area contributed by atoms with Crippen molar-refractivity contribution in [3.63, 3.8) is 0 Å². The van der Waals surface area contributed by atoms with Crippen molar-refractivity contribution in [1.29, 1.82) is 5.26 Å². The molecule has 1 aromatic rings. The maximum absolute atomic E-state index is 13.0. The fourth-order valence-corrected chi connectivity index (χ4v) is 2.88. The molecular weight excluding hydrogens is 325 g/mol. The van der Waals surface area contributed by atoms with E-state index in [1.165, 1.54) is 6.07 Å². The Morgan fingerprint density at radius 3 is 2.71 bits per heavy atom.